The number of ether oxygens (including phenoxy) is 3. The van der Waals surface area contributed by atoms with E-state index >= 15 is 9.13 Å². The molecule has 0 N–H and O–H groups in total. The summed E-state index contributed by atoms with van der Waals surface area (Å²) in [6, 6.07) is 57.2. The Labute approximate surface area is 311 Å². The van der Waals surface area contributed by atoms with Crippen LogP contribution in [-0.2, 0) is 9.13 Å². The lowest BCUT2D eigenvalue weighted by molar-refractivity contribution is 0.415. The average Bonchev–Trinajstić information content (AvgIpc) is 3.24. The Balaban J connectivity index is 1.61. The second kappa shape index (κ2) is 15.4. The first-order chi connectivity index (χ1) is 25.9. The summed E-state index contributed by atoms with van der Waals surface area (Å²) in [5, 5.41) is 3.80. The first-order valence-corrected chi connectivity index (χ1v) is 20.6. The number of benzene rings is 7. The quantitative estimate of drug-likeness (QED) is 0.117. The molecule has 7 rings (SSSR count). The van der Waals surface area contributed by atoms with Gasteiger partial charge in [0.15, 0.2) is 14.3 Å². The van der Waals surface area contributed by atoms with Crippen molar-refractivity contribution in [3.63, 3.8) is 0 Å². The van der Waals surface area contributed by atoms with Gasteiger partial charge in [-0.2, -0.15) is 0 Å². The maximum absolute atomic E-state index is 16.2. The number of rotatable bonds is 12. The minimum Gasteiger partial charge on any atom is -0.497 e. The van der Waals surface area contributed by atoms with Gasteiger partial charge in [-0.05, 0) is 60.7 Å². The Morgan fingerprint density at radius 1 is 0.377 bits per heavy atom. The van der Waals surface area contributed by atoms with E-state index in [0.29, 0.717) is 60.5 Å². The second-order valence-electron chi connectivity index (χ2n) is 12.3. The van der Waals surface area contributed by atoms with E-state index in [1.54, 1.807) is 21.3 Å². The summed E-state index contributed by atoms with van der Waals surface area (Å²) in [6.45, 7) is 0. The minimum absolute atomic E-state index is 0.555. The van der Waals surface area contributed by atoms with Crippen LogP contribution in [0.25, 0.3) is 0 Å². The van der Waals surface area contributed by atoms with Gasteiger partial charge >= 0.3 is 0 Å². The molecule has 0 amide bonds. The molecule has 0 saturated heterocycles. The van der Waals surface area contributed by atoms with Gasteiger partial charge in [0.05, 0.1) is 32.7 Å². The number of methoxy groups -OCH3 is 3. The summed E-state index contributed by atoms with van der Waals surface area (Å²) in [7, 11) is -2.35. The summed E-state index contributed by atoms with van der Waals surface area (Å²) < 4.78 is 49.6. The highest BCUT2D eigenvalue weighted by Crippen LogP contribution is 2.51. The van der Waals surface area contributed by atoms with E-state index in [9.17, 15) is 0 Å². The molecule has 0 bridgehead atoms. The lowest BCUT2D eigenvalue weighted by Crippen LogP contribution is -2.32. The van der Waals surface area contributed by atoms with Gasteiger partial charge in [0.2, 0.25) is 0 Å². The molecule has 0 spiro atoms. The standard InChI is InChI=1S/C45H39NO5P2/c1-49-35-26-24-34(25-27-35)46(42-30-28-36(50-2)32-44(42)52(47,38-16-8-4-9-17-38)39-18-10-5-11-19-39)43-31-29-37(51-3)33-45(43)53(48,40-20-12-6-13-21-40)41-22-14-7-15-23-41/h4-33H,1-3H3. The summed E-state index contributed by atoms with van der Waals surface area (Å²) in [4.78, 5) is 2.04. The van der Waals surface area contributed by atoms with Gasteiger partial charge in [0.25, 0.3) is 0 Å². The molecule has 0 atom stereocenters. The van der Waals surface area contributed by atoms with Crippen molar-refractivity contribution in [1.29, 1.82) is 0 Å². The molecule has 6 nitrogen and oxygen atoms in total. The molecule has 0 saturated carbocycles. The molecule has 0 fully saturated rings. The first kappa shape index (κ1) is 35.6. The molecule has 53 heavy (non-hydrogen) atoms. The van der Waals surface area contributed by atoms with Crippen LogP contribution >= 0.6 is 14.3 Å². The molecule has 0 unspecified atom stereocenters. The maximum Gasteiger partial charge on any atom is 0.173 e. The molecule has 0 aliphatic rings. The highest BCUT2D eigenvalue weighted by atomic mass is 31.2. The van der Waals surface area contributed by atoms with E-state index in [4.69, 9.17) is 14.2 Å². The van der Waals surface area contributed by atoms with Crippen LogP contribution in [0.4, 0.5) is 17.1 Å². The molecular formula is C45H39NO5P2. The third-order valence-corrected chi connectivity index (χ3v) is 15.5. The Hall–Kier alpha value is -5.80. The van der Waals surface area contributed by atoms with Crippen LogP contribution in [0.2, 0.25) is 0 Å². The van der Waals surface area contributed by atoms with Crippen LogP contribution < -0.4 is 50.9 Å². The Bertz CT molecular complexity index is 2170. The van der Waals surface area contributed by atoms with Crippen molar-refractivity contribution in [3.05, 3.63) is 182 Å². The van der Waals surface area contributed by atoms with Crippen molar-refractivity contribution in [1.82, 2.24) is 0 Å². The zero-order valence-corrected chi connectivity index (χ0v) is 31.5. The van der Waals surface area contributed by atoms with Crippen molar-refractivity contribution in [2.24, 2.45) is 0 Å². The molecule has 8 heteroatoms. The second-order valence-corrected chi connectivity index (χ2v) is 17.8. The summed E-state index contributed by atoms with van der Waals surface area (Å²) in [5.41, 5.74) is 2.00. The van der Waals surface area contributed by atoms with Crippen LogP contribution in [0.15, 0.2) is 182 Å². The molecule has 0 aliphatic heterocycles. The van der Waals surface area contributed by atoms with E-state index in [2.05, 4.69) is 0 Å². The smallest absolute Gasteiger partial charge is 0.173 e. The Morgan fingerprint density at radius 3 is 0.981 bits per heavy atom. The normalized spacial score (nSPS) is 11.5. The predicted molar refractivity (Wildman–Crippen MR) is 220 cm³/mol. The van der Waals surface area contributed by atoms with Crippen LogP contribution in [0.3, 0.4) is 0 Å². The molecule has 264 valence electrons. The zero-order chi connectivity index (χ0) is 36.8. The highest BCUT2D eigenvalue weighted by molar-refractivity contribution is 7.86. The molecule has 0 aromatic heterocycles. The minimum atomic E-state index is -3.59. The van der Waals surface area contributed by atoms with Gasteiger partial charge in [0, 0.05) is 37.5 Å². The first-order valence-electron chi connectivity index (χ1n) is 17.2. The van der Waals surface area contributed by atoms with Crippen LogP contribution in [-0.4, -0.2) is 21.3 Å². The van der Waals surface area contributed by atoms with E-state index < -0.39 is 14.3 Å². The summed E-state index contributed by atoms with van der Waals surface area (Å²) in [5.74, 6) is 1.79. The van der Waals surface area contributed by atoms with E-state index in [-0.39, 0.29) is 0 Å². The molecule has 0 aliphatic carbocycles. The number of hydrogen-bond acceptors (Lipinski definition) is 6. The van der Waals surface area contributed by atoms with Crippen molar-refractivity contribution in [3.8, 4) is 17.2 Å². The van der Waals surface area contributed by atoms with Gasteiger partial charge in [-0.15, -0.1) is 0 Å². The van der Waals surface area contributed by atoms with Crippen molar-refractivity contribution in [2.45, 2.75) is 0 Å². The van der Waals surface area contributed by atoms with E-state index in [1.807, 2.05) is 187 Å². The third-order valence-electron chi connectivity index (χ3n) is 9.34. The van der Waals surface area contributed by atoms with E-state index in [0.717, 1.165) is 5.69 Å². The van der Waals surface area contributed by atoms with Crippen molar-refractivity contribution >= 4 is 63.2 Å². The maximum atomic E-state index is 16.2. The predicted octanol–water partition coefficient (Wildman–Crippen LogP) is 8.46. The Morgan fingerprint density at radius 2 is 0.679 bits per heavy atom. The van der Waals surface area contributed by atoms with Gasteiger partial charge in [-0.25, -0.2) is 0 Å². The van der Waals surface area contributed by atoms with E-state index in [1.165, 1.54) is 0 Å². The third kappa shape index (κ3) is 6.68. The molecular weight excluding hydrogens is 696 g/mol. The van der Waals surface area contributed by atoms with Crippen LogP contribution in [0.1, 0.15) is 0 Å². The van der Waals surface area contributed by atoms with Gasteiger partial charge < -0.3 is 28.2 Å². The summed E-state index contributed by atoms with van der Waals surface area (Å²) in [6.07, 6.45) is 0. The van der Waals surface area contributed by atoms with Crippen LogP contribution in [0, 0.1) is 0 Å². The monoisotopic (exact) mass is 735 g/mol. The van der Waals surface area contributed by atoms with Gasteiger partial charge in [-0.1, -0.05) is 121 Å². The molecule has 7 aromatic rings. The number of nitrogens with zero attached hydrogens (tertiary/aromatic N) is 1. The van der Waals surface area contributed by atoms with Gasteiger partial charge in [0.1, 0.15) is 17.2 Å². The highest BCUT2D eigenvalue weighted by Gasteiger charge is 2.38. The lowest BCUT2D eigenvalue weighted by Gasteiger charge is -2.34. The molecule has 0 radical (unpaired) electrons. The fourth-order valence-electron chi connectivity index (χ4n) is 6.69. The van der Waals surface area contributed by atoms with Crippen molar-refractivity contribution < 1.29 is 23.3 Å². The Kier molecular flexibility index (Phi) is 10.4. The largest absolute Gasteiger partial charge is 0.497 e. The zero-order valence-electron chi connectivity index (χ0n) is 29.7. The fourth-order valence-corrected chi connectivity index (χ4v) is 12.4. The topological polar surface area (TPSA) is 65.1 Å². The summed E-state index contributed by atoms with van der Waals surface area (Å²) >= 11 is 0. The lowest BCUT2D eigenvalue weighted by atomic mass is 10.1. The van der Waals surface area contributed by atoms with Crippen LogP contribution in [0.5, 0.6) is 17.2 Å². The average molecular weight is 736 g/mol. The van der Waals surface area contributed by atoms with Crippen molar-refractivity contribution in [2.75, 3.05) is 26.2 Å². The SMILES string of the molecule is COc1ccc(N(c2ccc(OC)cc2P(=O)(c2ccccc2)c2ccccc2)c2ccc(OC)cc2P(=O)(c2ccccc2)c2ccccc2)cc1. The fraction of sp³-hybridized carbons (Fsp3) is 0.0667. The number of anilines is 3. The molecule has 0 heterocycles. The molecule has 7 aromatic carbocycles. The number of hydrogen-bond donors (Lipinski definition) is 0. The van der Waals surface area contributed by atoms with Gasteiger partial charge in [-0.3, -0.25) is 0 Å².